The van der Waals surface area contributed by atoms with Crippen LogP contribution in [-0.4, -0.2) is 23.5 Å². The second-order valence-electron chi connectivity index (χ2n) is 5.36. The van der Waals surface area contributed by atoms with Crippen LogP contribution in [0.25, 0.3) is 0 Å². The first-order valence-electron chi connectivity index (χ1n) is 6.81. The Morgan fingerprint density at radius 3 is 2.76 bits per heavy atom. The van der Waals surface area contributed by atoms with Crippen molar-refractivity contribution in [2.45, 2.75) is 51.5 Å². The maximum Gasteiger partial charge on any atom is 0.0489 e. The molecule has 3 heteroatoms. The Labute approximate surface area is 104 Å². The van der Waals surface area contributed by atoms with Gasteiger partial charge in [-0.1, -0.05) is 19.3 Å². The molecule has 1 aromatic rings. The molecular formula is C14H24N2O. The van der Waals surface area contributed by atoms with E-state index in [4.69, 9.17) is 4.74 Å². The molecule has 0 radical (unpaired) electrons. The van der Waals surface area contributed by atoms with Crippen molar-refractivity contribution in [1.29, 1.82) is 0 Å². The molecule has 1 saturated carbocycles. The minimum absolute atomic E-state index is 0.475. The fourth-order valence-corrected chi connectivity index (χ4v) is 3.12. The minimum atomic E-state index is 0.475. The highest BCUT2D eigenvalue weighted by atomic mass is 16.5. The molecule has 0 aromatic carbocycles. The van der Waals surface area contributed by atoms with Gasteiger partial charge >= 0.3 is 0 Å². The van der Waals surface area contributed by atoms with Crippen molar-refractivity contribution in [1.82, 2.24) is 9.78 Å². The van der Waals surface area contributed by atoms with Gasteiger partial charge in [-0.3, -0.25) is 4.68 Å². The van der Waals surface area contributed by atoms with E-state index in [2.05, 4.69) is 16.0 Å². The molecule has 0 N–H and O–H groups in total. The van der Waals surface area contributed by atoms with Crippen molar-refractivity contribution >= 4 is 0 Å². The van der Waals surface area contributed by atoms with Crippen LogP contribution in [0.1, 0.15) is 44.9 Å². The van der Waals surface area contributed by atoms with Crippen molar-refractivity contribution in [3.63, 3.8) is 0 Å². The summed E-state index contributed by atoms with van der Waals surface area (Å²) in [4.78, 5) is 0. The van der Waals surface area contributed by atoms with Crippen LogP contribution in [0.3, 0.4) is 0 Å². The van der Waals surface area contributed by atoms with Crippen molar-refractivity contribution < 1.29 is 4.74 Å². The molecule has 0 amide bonds. The molecule has 0 bridgehead atoms. The van der Waals surface area contributed by atoms with E-state index >= 15 is 0 Å². The summed E-state index contributed by atoms with van der Waals surface area (Å²) < 4.78 is 7.30. The van der Waals surface area contributed by atoms with Gasteiger partial charge in [-0.2, -0.15) is 5.10 Å². The average Bonchev–Trinajstić information content (AvgIpc) is 2.83. The summed E-state index contributed by atoms with van der Waals surface area (Å²) in [6, 6.07) is 2.02. The molecule has 3 nitrogen and oxygen atoms in total. The van der Waals surface area contributed by atoms with E-state index < -0.39 is 0 Å². The third-order valence-corrected chi connectivity index (χ3v) is 4.03. The van der Waals surface area contributed by atoms with E-state index in [0.717, 1.165) is 13.2 Å². The highest BCUT2D eigenvalue weighted by Gasteiger charge is 2.32. The predicted molar refractivity (Wildman–Crippen MR) is 68.9 cm³/mol. The van der Waals surface area contributed by atoms with Crippen LogP contribution >= 0.6 is 0 Å². The maximum atomic E-state index is 5.19. The monoisotopic (exact) mass is 236 g/mol. The summed E-state index contributed by atoms with van der Waals surface area (Å²) in [6.45, 7) is 1.98. The van der Waals surface area contributed by atoms with Crippen molar-refractivity contribution in [2.24, 2.45) is 5.41 Å². The van der Waals surface area contributed by atoms with Crippen LogP contribution in [-0.2, 0) is 11.3 Å². The molecule has 0 spiro atoms. The molecular weight excluding hydrogens is 212 g/mol. The molecule has 0 unspecified atom stereocenters. The van der Waals surface area contributed by atoms with Crippen molar-refractivity contribution in [3.8, 4) is 0 Å². The van der Waals surface area contributed by atoms with E-state index in [0.29, 0.717) is 5.41 Å². The van der Waals surface area contributed by atoms with Gasteiger partial charge in [-0.25, -0.2) is 0 Å². The second kappa shape index (κ2) is 6.20. The number of aromatic nitrogens is 2. The summed E-state index contributed by atoms with van der Waals surface area (Å²) >= 11 is 0. The first-order chi connectivity index (χ1) is 8.35. The van der Waals surface area contributed by atoms with E-state index in [1.807, 2.05) is 12.3 Å². The van der Waals surface area contributed by atoms with Gasteiger partial charge in [0.1, 0.15) is 0 Å². The largest absolute Gasteiger partial charge is 0.385 e. The summed E-state index contributed by atoms with van der Waals surface area (Å²) in [5.74, 6) is 0. The third-order valence-electron chi connectivity index (χ3n) is 4.03. The van der Waals surface area contributed by atoms with E-state index in [9.17, 15) is 0 Å². The SMILES string of the molecule is COCCCC1(Cn2cccn2)CCCCC1. The average molecular weight is 236 g/mol. The van der Waals surface area contributed by atoms with Crippen molar-refractivity contribution in [2.75, 3.05) is 13.7 Å². The molecule has 0 aliphatic heterocycles. The van der Waals surface area contributed by atoms with Crippen LogP contribution in [0.5, 0.6) is 0 Å². The molecule has 1 heterocycles. The van der Waals surface area contributed by atoms with Gasteiger partial charge in [0.2, 0.25) is 0 Å². The Morgan fingerprint density at radius 1 is 1.29 bits per heavy atom. The number of rotatable bonds is 6. The lowest BCUT2D eigenvalue weighted by Gasteiger charge is -2.37. The molecule has 1 aliphatic carbocycles. The van der Waals surface area contributed by atoms with Gasteiger partial charge in [0, 0.05) is 32.7 Å². The van der Waals surface area contributed by atoms with Gasteiger partial charge in [-0.05, 0) is 37.2 Å². The molecule has 1 fully saturated rings. The Kier molecular flexibility index (Phi) is 4.60. The topological polar surface area (TPSA) is 27.1 Å². The molecule has 96 valence electrons. The summed E-state index contributed by atoms with van der Waals surface area (Å²) in [7, 11) is 1.79. The fraction of sp³-hybridized carbons (Fsp3) is 0.786. The Bertz CT molecular complexity index is 302. The quantitative estimate of drug-likeness (QED) is 0.709. The van der Waals surface area contributed by atoms with Crippen LogP contribution < -0.4 is 0 Å². The zero-order valence-corrected chi connectivity index (χ0v) is 10.9. The highest BCUT2D eigenvalue weighted by Crippen LogP contribution is 2.41. The molecule has 1 aliphatic rings. The van der Waals surface area contributed by atoms with Crippen LogP contribution in [0.15, 0.2) is 18.5 Å². The van der Waals surface area contributed by atoms with Gasteiger partial charge in [0.25, 0.3) is 0 Å². The molecule has 17 heavy (non-hydrogen) atoms. The van der Waals surface area contributed by atoms with Crippen LogP contribution in [0.4, 0.5) is 0 Å². The van der Waals surface area contributed by atoms with Crippen LogP contribution in [0, 0.1) is 5.41 Å². The smallest absolute Gasteiger partial charge is 0.0489 e. The summed E-state index contributed by atoms with van der Waals surface area (Å²) in [5.41, 5.74) is 0.475. The normalized spacial score (nSPS) is 19.4. The minimum Gasteiger partial charge on any atom is -0.385 e. The number of ether oxygens (including phenoxy) is 1. The molecule has 2 rings (SSSR count). The lowest BCUT2D eigenvalue weighted by atomic mass is 9.71. The standard InChI is InChI=1S/C14H24N2O/c1-17-12-5-9-14(7-3-2-4-8-14)13-16-11-6-10-15-16/h6,10-11H,2-5,7-9,12-13H2,1H3. The fourth-order valence-electron chi connectivity index (χ4n) is 3.12. The van der Waals surface area contributed by atoms with Crippen LogP contribution in [0.2, 0.25) is 0 Å². The second-order valence-corrected chi connectivity index (χ2v) is 5.36. The lowest BCUT2D eigenvalue weighted by molar-refractivity contribution is 0.110. The number of nitrogens with zero attached hydrogens (tertiary/aromatic N) is 2. The van der Waals surface area contributed by atoms with Crippen molar-refractivity contribution in [3.05, 3.63) is 18.5 Å². The van der Waals surface area contributed by atoms with Gasteiger partial charge in [0.05, 0.1) is 0 Å². The molecule has 1 aromatic heterocycles. The number of methoxy groups -OCH3 is 1. The molecule has 0 saturated heterocycles. The van der Waals surface area contributed by atoms with Gasteiger partial charge < -0.3 is 4.74 Å². The zero-order valence-electron chi connectivity index (χ0n) is 10.9. The summed E-state index contributed by atoms with van der Waals surface area (Å²) in [5, 5.41) is 4.37. The van der Waals surface area contributed by atoms with E-state index in [-0.39, 0.29) is 0 Å². The Balaban J connectivity index is 1.95. The van der Waals surface area contributed by atoms with E-state index in [1.54, 1.807) is 7.11 Å². The predicted octanol–water partition coefficient (Wildman–Crippen LogP) is 3.26. The zero-order chi connectivity index (χ0) is 12.0. The first-order valence-corrected chi connectivity index (χ1v) is 6.81. The maximum absolute atomic E-state index is 5.19. The van der Waals surface area contributed by atoms with Gasteiger partial charge in [0.15, 0.2) is 0 Å². The molecule has 0 atom stereocenters. The Hall–Kier alpha value is -0.830. The first kappa shape index (κ1) is 12.6. The van der Waals surface area contributed by atoms with Gasteiger partial charge in [-0.15, -0.1) is 0 Å². The van der Waals surface area contributed by atoms with E-state index in [1.165, 1.54) is 44.9 Å². The summed E-state index contributed by atoms with van der Waals surface area (Å²) in [6.07, 6.45) is 13.3. The highest BCUT2D eigenvalue weighted by molar-refractivity contribution is 4.86. The third kappa shape index (κ3) is 3.56. The number of hydrogen-bond donors (Lipinski definition) is 0. The lowest BCUT2D eigenvalue weighted by Crippen LogP contribution is -2.30. The number of hydrogen-bond acceptors (Lipinski definition) is 2. The Morgan fingerprint density at radius 2 is 2.12 bits per heavy atom.